The van der Waals surface area contributed by atoms with Crippen molar-refractivity contribution in [2.45, 2.75) is 58.9 Å². The molecule has 0 spiro atoms. The molecule has 0 radical (unpaired) electrons. The molecule has 0 saturated carbocycles. The Balaban J connectivity index is 2.45. The maximum atomic E-state index is 12.1. The van der Waals surface area contributed by atoms with Crippen LogP contribution < -0.4 is 5.32 Å². The molecule has 0 aromatic rings. The van der Waals surface area contributed by atoms with Crippen molar-refractivity contribution in [3.05, 3.63) is 0 Å². The smallest absolute Gasteiger partial charge is 0.323 e. The number of rotatable bonds is 6. The Hall–Kier alpha value is -1.57. The number of carbonyl (C=O) groups is 2. The minimum Gasteiger partial charge on any atom is -0.323 e. The summed E-state index contributed by atoms with van der Waals surface area (Å²) in [4.78, 5) is 25.1. The van der Waals surface area contributed by atoms with Crippen LogP contribution in [0.4, 0.5) is 4.79 Å². The summed E-state index contributed by atoms with van der Waals surface area (Å²) >= 11 is 0. The number of hydrogen-bond donors (Lipinski definition) is 1. The summed E-state index contributed by atoms with van der Waals surface area (Å²) in [5, 5.41) is 11.6. The van der Waals surface area contributed by atoms with Gasteiger partial charge < -0.3 is 5.32 Å². The lowest BCUT2D eigenvalue weighted by molar-refractivity contribution is -0.130. The van der Waals surface area contributed by atoms with Crippen molar-refractivity contribution in [2.75, 3.05) is 6.54 Å². The number of urea groups is 1. The standard InChI is InChI=1S/C14H23N3O2/c1-5-14(4)11(18)17(12(19)16-14)9-7-6-8-13(2,3)10-15/h5-9H2,1-4H3,(H,16,19). The second-order valence-corrected chi connectivity index (χ2v) is 6.03. The van der Waals surface area contributed by atoms with E-state index in [1.165, 1.54) is 4.90 Å². The molecular weight excluding hydrogens is 242 g/mol. The number of carbonyl (C=O) groups excluding carboxylic acids is 2. The molecule has 1 aliphatic rings. The average molecular weight is 265 g/mol. The molecule has 1 N–H and O–H groups in total. The van der Waals surface area contributed by atoms with E-state index >= 15 is 0 Å². The lowest BCUT2D eigenvalue weighted by Crippen LogP contribution is -2.43. The van der Waals surface area contributed by atoms with E-state index in [-0.39, 0.29) is 17.4 Å². The van der Waals surface area contributed by atoms with Gasteiger partial charge in [-0.1, -0.05) is 13.3 Å². The first-order valence-corrected chi connectivity index (χ1v) is 6.81. The third-order valence-electron chi connectivity index (χ3n) is 3.79. The molecule has 0 bridgehead atoms. The van der Waals surface area contributed by atoms with Crippen LogP contribution in [0.25, 0.3) is 0 Å². The number of nitrogens with zero attached hydrogens (tertiary/aromatic N) is 2. The normalized spacial score (nSPS) is 23.4. The molecule has 1 atom stereocenters. The van der Waals surface area contributed by atoms with Gasteiger partial charge in [0.25, 0.3) is 5.91 Å². The van der Waals surface area contributed by atoms with E-state index in [0.29, 0.717) is 13.0 Å². The Labute approximate surface area is 115 Å². The van der Waals surface area contributed by atoms with Gasteiger partial charge in [-0.05, 0) is 40.0 Å². The van der Waals surface area contributed by atoms with Crippen molar-refractivity contribution < 1.29 is 9.59 Å². The quantitative estimate of drug-likeness (QED) is 0.592. The highest BCUT2D eigenvalue weighted by Crippen LogP contribution is 2.24. The summed E-state index contributed by atoms with van der Waals surface area (Å²) in [5.41, 5.74) is -1.09. The highest BCUT2D eigenvalue weighted by molar-refractivity contribution is 6.06. The van der Waals surface area contributed by atoms with Gasteiger partial charge in [0.05, 0.1) is 11.5 Å². The first-order valence-electron chi connectivity index (χ1n) is 6.81. The predicted molar refractivity (Wildman–Crippen MR) is 72.2 cm³/mol. The Morgan fingerprint density at radius 2 is 2.00 bits per heavy atom. The molecule has 19 heavy (non-hydrogen) atoms. The van der Waals surface area contributed by atoms with Crippen LogP contribution in [0, 0.1) is 16.7 Å². The van der Waals surface area contributed by atoms with E-state index in [0.717, 1.165) is 19.3 Å². The van der Waals surface area contributed by atoms with Crippen LogP contribution >= 0.6 is 0 Å². The summed E-state index contributed by atoms with van der Waals surface area (Å²) in [7, 11) is 0. The fraction of sp³-hybridized carbons (Fsp3) is 0.786. The molecule has 1 heterocycles. The van der Waals surface area contributed by atoms with Gasteiger partial charge in [-0.25, -0.2) is 4.79 Å². The van der Waals surface area contributed by atoms with Crippen molar-refractivity contribution in [2.24, 2.45) is 5.41 Å². The van der Waals surface area contributed by atoms with Crippen LogP contribution in [0.2, 0.25) is 0 Å². The number of unbranched alkanes of at least 4 members (excludes halogenated alkanes) is 1. The second kappa shape index (κ2) is 5.60. The molecule has 0 aromatic carbocycles. The van der Waals surface area contributed by atoms with Crippen LogP contribution in [0.5, 0.6) is 0 Å². The fourth-order valence-corrected chi connectivity index (χ4v) is 2.08. The molecule has 1 unspecified atom stereocenters. The van der Waals surface area contributed by atoms with E-state index in [2.05, 4.69) is 11.4 Å². The molecule has 1 rings (SSSR count). The highest BCUT2D eigenvalue weighted by Gasteiger charge is 2.45. The van der Waals surface area contributed by atoms with Gasteiger partial charge in [-0.2, -0.15) is 5.26 Å². The lowest BCUT2D eigenvalue weighted by atomic mass is 9.89. The Kier molecular flexibility index (Phi) is 4.56. The van der Waals surface area contributed by atoms with Crippen LogP contribution in [0.3, 0.4) is 0 Å². The zero-order valence-corrected chi connectivity index (χ0v) is 12.2. The van der Waals surface area contributed by atoms with Gasteiger partial charge in [-0.3, -0.25) is 9.69 Å². The maximum absolute atomic E-state index is 12.1. The Morgan fingerprint density at radius 1 is 1.37 bits per heavy atom. The molecule has 0 aromatic heterocycles. The van der Waals surface area contributed by atoms with Gasteiger partial charge in [0.1, 0.15) is 5.54 Å². The first kappa shape index (κ1) is 15.5. The lowest BCUT2D eigenvalue weighted by Gasteiger charge is -2.19. The van der Waals surface area contributed by atoms with Crippen molar-refractivity contribution in [3.63, 3.8) is 0 Å². The number of amides is 3. The average Bonchev–Trinajstić information content (AvgIpc) is 2.58. The maximum Gasteiger partial charge on any atom is 0.325 e. The van der Waals surface area contributed by atoms with Crippen LogP contribution in [0.1, 0.15) is 53.4 Å². The van der Waals surface area contributed by atoms with Crippen molar-refractivity contribution in [1.82, 2.24) is 10.2 Å². The van der Waals surface area contributed by atoms with E-state index < -0.39 is 5.54 Å². The van der Waals surface area contributed by atoms with Gasteiger partial charge in [0, 0.05) is 6.54 Å². The molecular formula is C14H23N3O2. The number of nitrogens with one attached hydrogen (secondary N) is 1. The fourth-order valence-electron chi connectivity index (χ4n) is 2.08. The van der Waals surface area contributed by atoms with Gasteiger partial charge in [0.2, 0.25) is 0 Å². The topological polar surface area (TPSA) is 73.2 Å². The second-order valence-electron chi connectivity index (χ2n) is 6.03. The molecule has 1 fully saturated rings. The summed E-state index contributed by atoms with van der Waals surface area (Å²) in [6, 6.07) is 1.95. The molecule has 0 aliphatic carbocycles. The minimum absolute atomic E-state index is 0.139. The van der Waals surface area contributed by atoms with Gasteiger partial charge in [0.15, 0.2) is 0 Å². The summed E-state index contributed by atoms with van der Waals surface area (Å²) < 4.78 is 0. The molecule has 5 heteroatoms. The Bertz CT molecular complexity index is 411. The van der Waals surface area contributed by atoms with E-state index in [1.54, 1.807) is 6.92 Å². The van der Waals surface area contributed by atoms with E-state index in [4.69, 9.17) is 5.26 Å². The predicted octanol–water partition coefficient (Wildman–Crippen LogP) is 2.43. The van der Waals surface area contributed by atoms with Crippen LogP contribution in [-0.2, 0) is 4.79 Å². The SMILES string of the molecule is CCC1(C)NC(=O)N(CCCCC(C)(C)C#N)C1=O. The monoisotopic (exact) mass is 265 g/mol. The third kappa shape index (κ3) is 3.46. The third-order valence-corrected chi connectivity index (χ3v) is 3.79. The molecule has 1 aliphatic heterocycles. The number of imide groups is 1. The molecule has 3 amide bonds. The van der Waals surface area contributed by atoms with Crippen molar-refractivity contribution >= 4 is 11.9 Å². The van der Waals surface area contributed by atoms with Crippen LogP contribution in [0.15, 0.2) is 0 Å². The number of hydrogen-bond acceptors (Lipinski definition) is 3. The molecule has 1 saturated heterocycles. The van der Waals surface area contributed by atoms with E-state index in [1.807, 2.05) is 20.8 Å². The molecule has 106 valence electrons. The first-order chi connectivity index (χ1) is 8.75. The highest BCUT2D eigenvalue weighted by atomic mass is 16.2. The zero-order chi connectivity index (χ0) is 14.7. The van der Waals surface area contributed by atoms with Crippen molar-refractivity contribution in [1.29, 1.82) is 5.26 Å². The summed E-state index contributed by atoms with van der Waals surface area (Å²) in [6.45, 7) is 7.87. The zero-order valence-electron chi connectivity index (χ0n) is 12.2. The summed E-state index contributed by atoms with van der Waals surface area (Å²) in [6.07, 6.45) is 2.94. The minimum atomic E-state index is -0.747. The number of nitriles is 1. The Morgan fingerprint density at radius 3 is 2.47 bits per heavy atom. The van der Waals surface area contributed by atoms with Gasteiger partial charge >= 0.3 is 6.03 Å². The van der Waals surface area contributed by atoms with Crippen molar-refractivity contribution in [3.8, 4) is 6.07 Å². The summed E-state index contributed by atoms with van der Waals surface area (Å²) in [5.74, 6) is -0.139. The van der Waals surface area contributed by atoms with E-state index in [9.17, 15) is 9.59 Å². The van der Waals surface area contributed by atoms with Gasteiger partial charge in [-0.15, -0.1) is 0 Å². The molecule has 5 nitrogen and oxygen atoms in total. The largest absolute Gasteiger partial charge is 0.325 e. The van der Waals surface area contributed by atoms with Crippen LogP contribution in [-0.4, -0.2) is 28.9 Å².